The largest absolute Gasteiger partial charge is 0.390 e. The highest BCUT2D eigenvalue weighted by Crippen LogP contribution is 2.12. The Kier molecular flexibility index (Phi) is 18.1. The van der Waals surface area contributed by atoms with Gasteiger partial charge >= 0.3 is 0 Å². The quantitative estimate of drug-likeness (QED) is 0.327. The Balaban J connectivity index is 3.02. The van der Waals surface area contributed by atoms with Crippen molar-refractivity contribution < 1.29 is 0 Å². The van der Waals surface area contributed by atoms with E-state index < -0.39 is 0 Å². The second kappa shape index (κ2) is 18.5. The predicted octanol–water partition coefficient (Wildman–Crippen LogP) is 5.92. The fraction of sp³-hybridized carbons (Fsp3) is 0.900. The van der Waals surface area contributed by atoms with Crippen molar-refractivity contribution >= 4 is 0 Å². The van der Waals surface area contributed by atoms with E-state index in [0.29, 0.717) is 0 Å². The average molecular weight is 311 g/mol. The molecule has 0 aromatic heterocycles. The van der Waals surface area contributed by atoms with Crippen LogP contribution < -0.4 is 11.1 Å². The molecule has 2 heteroatoms. The lowest BCUT2D eigenvalue weighted by Gasteiger charge is -2.03. The lowest BCUT2D eigenvalue weighted by Crippen LogP contribution is -2.27. The molecule has 0 spiro atoms. The molecule has 2 nitrogen and oxygen atoms in total. The van der Waals surface area contributed by atoms with Crippen LogP contribution in [0.5, 0.6) is 0 Å². The van der Waals surface area contributed by atoms with E-state index in [1.165, 1.54) is 89.9 Å². The minimum Gasteiger partial charge on any atom is -0.390 e. The van der Waals surface area contributed by atoms with Crippen molar-refractivity contribution in [3.8, 4) is 0 Å². The van der Waals surface area contributed by atoms with Crippen molar-refractivity contribution in [3.05, 3.63) is 12.3 Å². The van der Waals surface area contributed by atoms with Gasteiger partial charge in [0, 0.05) is 12.6 Å². The molecule has 0 rings (SSSR count). The van der Waals surface area contributed by atoms with E-state index in [2.05, 4.69) is 24.5 Å². The summed E-state index contributed by atoms with van der Waals surface area (Å²) in [7, 11) is 0. The third-order valence-corrected chi connectivity index (χ3v) is 4.15. The lowest BCUT2D eigenvalue weighted by molar-refractivity contribution is 0.540. The van der Waals surface area contributed by atoms with Crippen molar-refractivity contribution in [2.24, 2.45) is 5.73 Å². The second-order valence-electron chi connectivity index (χ2n) is 6.82. The van der Waals surface area contributed by atoms with Gasteiger partial charge in [-0.15, -0.1) is 0 Å². The molecule has 22 heavy (non-hydrogen) atoms. The van der Waals surface area contributed by atoms with Gasteiger partial charge in [-0.25, -0.2) is 0 Å². The van der Waals surface area contributed by atoms with Gasteiger partial charge in [0.15, 0.2) is 0 Å². The number of nitrogens with two attached hydrogens (primary N) is 1. The van der Waals surface area contributed by atoms with Crippen molar-refractivity contribution in [1.29, 1.82) is 0 Å². The zero-order valence-corrected chi connectivity index (χ0v) is 15.4. The summed E-state index contributed by atoms with van der Waals surface area (Å²) in [6, 6.07) is 0.237. The Morgan fingerprint density at radius 1 is 0.773 bits per heavy atom. The van der Waals surface area contributed by atoms with Crippen LogP contribution >= 0.6 is 0 Å². The Hall–Kier alpha value is -0.500. The van der Waals surface area contributed by atoms with E-state index in [-0.39, 0.29) is 6.04 Å². The first kappa shape index (κ1) is 21.5. The first-order valence-electron chi connectivity index (χ1n) is 9.91. The van der Waals surface area contributed by atoms with Gasteiger partial charge in [0.2, 0.25) is 0 Å². The Labute approximate surface area is 140 Å². The van der Waals surface area contributed by atoms with Crippen LogP contribution in [0.3, 0.4) is 0 Å². The van der Waals surface area contributed by atoms with Crippen LogP contribution in [-0.4, -0.2) is 12.6 Å². The first-order valence-corrected chi connectivity index (χ1v) is 9.91. The molecule has 1 atom stereocenters. The monoisotopic (exact) mass is 310 g/mol. The molecule has 0 bridgehead atoms. The minimum absolute atomic E-state index is 0.237. The standard InChI is InChI=1S/C20H42N2/c1-3-4-5-6-7-8-9-10-11-12-13-14-15-16-17-18-22-19-20(2)21/h17-18,20,22H,3-16,19,21H2,1-2H3. The van der Waals surface area contributed by atoms with Gasteiger partial charge in [0.25, 0.3) is 0 Å². The van der Waals surface area contributed by atoms with E-state index in [1.54, 1.807) is 0 Å². The van der Waals surface area contributed by atoms with Gasteiger partial charge in [0.05, 0.1) is 0 Å². The smallest absolute Gasteiger partial charge is 0.0290 e. The number of hydrogen-bond acceptors (Lipinski definition) is 2. The van der Waals surface area contributed by atoms with Crippen molar-refractivity contribution in [1.82, 2.24) is 5.32 Å². The van der Waals surface area contributed by atoms with Gasteiger partial charge in [-0.2, -0.15) is 0 Å². The van der Waals surface area contributed by atoms with Crippen LogP contribution in [0.2, 0.25) is 0 Å². The SMILES string of the molecule is CCCCCCCCCCCCCCCC=CNCC(C)N. The molecular weight excluding hydrogens is 268 g/mol. The summed E-state index contributed by atoms with van der Waals surface area (Å²) in [5.74, 6) is 0. The highest BCUT2D eigenvalue weighted by Gasteiger charge is 1.93. The molecule has 0 aliphatic carbocycles. The van der Waals surface area contributed by atoms with Crippen LogP contribution in [0.4, 0.5) is 0 Å². The molecule has 0 saturated carbocycles. The summed E-state index contributed by atoms with van der Waals surface area (Å²) in [5.41, 5.74) is 5.66. The molecule has 1 unspecified atom stereocenters. The number of allylic oxidation sites excluding steroid dienone is 1. The number of rotatable bonds is 17. The zero-order chi connectivity index (χ0) is 16.3. The lowest BCUT2D eigenvalue weighted by atomic mass is 10.0. The molecule has 3 N–H and O–H groups in total. The molecular formula is C20H42N2. The van der Waals surface area contributed by atoms with Gasteiger partial charge in [0.1, 0.15) is 0 Å². The van der Waals surface area contributed by atoms with Gasteiger partial charge < -0.3 is 11.1 Å². The third-order valence-electron chi connectivity index (χ3n) is 4.15. The van der Waals surface area contributed by atoms with Crippen LogP contribution in [0, 0.1) is 0 Å². The normalized spacial score (nSPS) is 12.9. The second-order valence-corrected chi connectivity index (χ2v) is 6.82. The summed E-state index contributed by atoms with van der Waals surface area (Å²) in [6.45, 7) is 5.18. The Bertz CT molecular complexity index is 224. The molecule has 0 aromatic rings. The highest BCUT2D eigenvalue weighted by molar-refractivity contribution is 4.80. The molecule has 0 fully saturated rings. The van der Waals surface area contributed by atoms with E-state index in [0.717, 1.165) is 6.54 Å². The third kappa shape index (κ3) is 19.5. The van der Waals surface area contributed by atoms with Gasteiger partial charge in [-0.3, -0.25) is 0 Å². The number of nitrogens with one attached hydrogen (secondary N) is 1. The fourth-order valence-corrected chi connectivity index (χ4v) is 2.70. The van der Waals surface area contributed by atoms with E-state index in [4.69, 9.17) is 5.73 Å². The highest BCUT2D eigenvalue weighted by atomic mass is 14.9. The minimum atomic E-state index is 0.237. The summed E-state index contributed by atoms with van der Waals surface area (Å²) < 4.78 is 0. The molecule has 0 aliphatic heterocycles. The Morgan fingerprint density at radius 3 is 1.68 bits per heavy atom. The molecule has 0 radical (unpaired) electrons. The van der Waals surface area contributed by atoms with E-state index in [9.17, 15) is 0 Å². The molecule has 0 amide bonds. The van der Waals surface area contributed by atoms with Crippen molar-refractivity contribution in [3.63, 3.8) is 0 Å². The summed E-state index contributed by atoms with van der Waals surface area (Å²) in [4.78, 5) is 0. The molecule has 0 aliphatic rings. The van der Waals surface area contributed by atoms with Crippen LogP contribution in [0.15, 0.2) is 12.3 Å². The van der Waals surface area contributed by atoms with Crippen LogP contribution in [-0.2, 0) is 0 Å². The molecule has 132 valence electrons. The average Bonchev–Trinajstić information content (AvgIpc) is 2.50. The summed E-state index contributed by atoms with van der Waals surface area (Å²) in [6.07, 6.45) is 24.0. The Morgan fingerprint density at radius 2 is 1.23 bits per heavy atom. The maximum absolute atomic E-state index is 5.66. The summed E-state index contributed by atoms with van der Waals surface area (Å²) >= 11 is 0. The fourth-order valence-electron chi connectivity index (χ4n) is 2.70. The van der Waals surface area contributed by atoms with Gasteiger partial charge in [-0.1, -0.05) is 90.0 Å². The zero-order valence-electron chi connectivity index (χ0n) is 15.4. The molecule has 0 heterocycles. The number of hydrogen-bond donors (Lipinski definition) is 2. The molecule has 0 saturated heterocycles. The van der Waals surface area contributed by atoms with E-state index >= 15 is 0 Å². The van der Waals surface area contributed by atoms with E-state index in [1.807, 2.05) is 6.92 Å². The van der Waals surface area contributed by atoms with Crippen LogP contribution in [0.25, 0.3) is 0 Å². The van der Waals surface area contributed by atoms with Crippen LogP contribution in [0.1, 0.15) is 104 Å². The van der Waals surface area contributed by atoms with Gasteiger partial charge in [-0.05, 0) is 26.0 Å². The first-order chi connectivity index (χ1) is 10.8. The van der Waals surface area contributed by atoms with Crippen molar-refractivity contribution in [2.75, 3.05) is 6.54 Å². The predicted molar refractivity (Wildman–Crippen MR) is 101 cm³/mol. The van der Waals surface area contributed by atoms with Crippen molar-refractivity contribution in [2.45, 2.75) is 110 Å². The summed E-state index contributed by atoms with van der Waals surface area (Å²) in [5, 5.41) is 3.23. The maximum atomic E-state index is 5.66. The molecule has 0 aromatic carbocycles. The topological polar surface area (TPSA) is 38.0 Å². The maximum Gasteiger partial charge on any atom is 0.0290 e. The number of unbranched alkanes of at least 4 members (excludes halogenated alkanes) is 13.